The number of aromatic nitrogens is 1. The molecule has 11 nitrogen and oxygen atoms in total. The van der Waals surface area contributed by atoms with Crippen LogP contribution in [0.4, 0.5) is 4.79 Å². The van der Waals surface area contributed by atoms with Gasteiger partial charge in [-0.2, -0.15) is 5.01 Å². The lowest BCUT2D eigenvalue weighted by Crippen LogP contribution is -2.52. The minimum atomic E-state index is -0.989. The lowest BCUT2D eigenvalue weighted by atomic mass is 9.77. The van der Waals surface area contributed by atoms with E-state index in [1.807, 2.05) is 0 Å². The van der Waals surface area contributed by atoms with Gasteiger partial charge in [-0.05, 0) is 43.7 Å². The van der Waals surface area contributed by atoms with E-state index in [4.69, 9.17) is 9.15 Å². The fraction of sp³-hybridized carbons (Fsp3) is 0.450. The maximum Gasteiger partial charge on any atom is 0.420 e. The van der Waals surface area contributed by atoms with Crippen molar-refractivity contribution in [3.63, 3.8) is 0 Å². The largest absolute Gasteiger partial charge is 0.454 e. The molecule has 2 aliphatic rings. The average Bonchev–Trinajstić information content (AvgIpc) is 3.17. The Morgan fingerprint density at radius 2 is 1.94 bits per heavy atom. The number of oxazole rings is 1. The minimum absolute atomic E-state index is 0.322. The molecule has 31 heavy (non-hydrogen) atoms. The first kappa shape index (κ1) is 20.6. The molecule has 0 atom stereocenters. The van der Waals surface area contributed by atoms with Crippen LogP contribution in [0.2, 0.25) is 0 Å². The molecule has 1 spiro atoms. The van der Waals surface area contributed by atoms with Crippen LogP contribution < -0.4 is 16.5 Å². The van der Waals surface area contributed by atoms with E-state index in [-0.39, 0.29) is 0 Å². The molecule has 1 aromatic carbocycles. The summed E-state index contributed by atoms with van der Waals surface area (Å²) in [5, 5.41) is 3.32. The molecule has 4 rings (SSSR count). The average molecular weight is 430 g/mol. The summed E-state index contributed by atoms with van der Waals surface area (Å²) in [4.78, 5) is 61.1. The Hall–Kier alpha value is -3.63. The molecule has 0 bridgehead atoms. The van der Waals surface area contributed by atoms with Crippen molar-refractivity contribution in [1.82, 2.24) is 20.3 Å². The normalized spacial score (nSPS) is 23.3. The predicted octanol–water partition coefficient (Wildman–Crippen LogP) is 0.670. The molecular weight excluding hydrogens is 408 g/mol. The van der Waals surface area contributed by atoms with Gasteiger partial charge >= 0.3 is 17.8 Å². The summed E-state index contributed by atoms with van der Waals surface area (Å²) in [7, 11) is 0. The maximum atomic E-state index is 12.7. The molecule has 1 saturated carbocycles. The number of benzene rings is 1. The highest BCUT2D eigenvalue weighted by atomic mass is 16.5. The van der Waals surface area contributed by atoms with E-state index >= 15 is 0 Å². The van der Waals surface area contributed by atoms with Crippen molar-refractivity contribution in [3.8, 4) is 0 Å². The highest BCUT2D eigenvalue weighted by molar-refractivity contribution is 6.08. The maximum absolute atomic E-state index is 12.7. The number of fused-ring (bicyclic) bond motifs is 1. The molecule has 1 aliphatic carbocycles. The number of nitrogens with zero attached hydrogens (tertiary/aromatic N) is 2. The molecule has 0 radical (unpaired) electrons. The van der Waals surface area contributed by atoms with E-state index in [9.17, 15) is 24.0 Å². The highest BCUT2D eigenvalue weighted by Gasteiger charge is 2.52. The zero-order valence-corrected chi connectivity index (χ0v) is 16.9. The minimum Gasteiger partial charge on any atom is -0.454 e. The van der Waals surface area contributed by atoms with Gasteiger partial charge in [0.1, 0.15) is 12.1 Å². The van der Waals surface area contributed by atoms with E-state index in [0.717, 1.165) is 17.4 Å². The highest BCUT2D eigenvalue weighted by Crippen LogP contribution is 2.35. The van der Waals surface area contributed by atoms with Crippen LogP contribution in [-0.2, 0) is 25.7 Å². The number of imide groups is 1. The van der Waals surface area contributed by atoms with Crippen molar-refractivity contribution in [2.45, 2.75) is 44.7 Å². The summed E-state index contributed by atoms with van der Waals surface area (Å²) < 4.78 is 11.0. The summed E-state index contributed by atoms with van der Waals surface area (Å²) in [6, 6.07) is 5.86. The van der Waals surface area contributed by atoms with Crippen molar-refractivity contribution < 1.29 is 28.3 Å². The third-order valence-corrected chi connectivity index (χ3v) is 5.75. The van der Waals surface area contributed by atoms with Crippen molar-refractivity contribution in [2.75, 3.05) is 6.61 Å². The number of rotatable bonds is 5. The van der Waals surface area contributed by atoms with E-state index in [1.54, 1.807) is 24.3 Å². The third kappa shape index (κ3) is 3.90. The Balaban J connectivity index is 1.32. The molecule has 164 valence electrons. The van der Waals surface area contributed by atoms with Crippen molar-refractivity contribution in [3.05, 3.63) is 34.8 Å². The van der Waals surface area contributed by atoms with Gasteiger partial charge in [-0.1, -0.05) is 19.1 Å². The number of hydrogen-bond acceptors (Lipinski definition) is 7. The topological polar surface area (TPSA) is 140 Å². The second-order valence-corrected chi connectivity index (χ2v) is 7.95. The number of carbonyl (C=O) groups excluding carboxylic acids is 4. The second kappa shape index (κ2) is 7.89. The SMILES string of the molecule is CC1CCC2(CC1)NC(=O)N(NC(=O)COC(=O)Cn1c(=O)oc3ccccc31)C2=O. The fourth-order valence-electron chi connectivity index (χ4n) is 3.96. The van der Waals surface area contributed by atoms with Gasteiger partial charge in [0.05, 0.1) is 5.52 Å². The van der Waals surface area contributed by atoms with E-state index in [0.29, 0.717) is 34.9 Å². The van der Waals surface area contributed by atoms with Gasteiger partial charge in [-0.3, -0.25) is 24.4 Å². The van der Waals surface area contributed by atoms with Crippen LogP contribution in [0.25, 0.3) is 11.1 Å². The van der Waals surface area contributed by atoms with Gasteiger partial charge in [-0.15, -0.1) is 0 Å². The van der Waals surface area contributed by atoms with E-state index < -0.39 is 48.3 Å². The lowest BCUT2D eigenvalue weighted by molar-refractivity contribution is -0.151. The first-order valence-electron chi connectivity index (χ1n) is 9.99. The summed E-state index contributed by atoms with van der Waals surface area (Å²) in [5.41, 5.74) is 1.93. The first-order valence-corrected chi connectivity index (χ1v) is 9.99. The number of esters is 1. The molecule has 2 heterocycles. The smallest absolute Gasteiger partial charge is 0.420 e. The van der Waals surface area contributed by atoms with Crippen LogP contribution in [0.15, 0.2) is 33.5 Å². The molecule has 11 heteroatoms. The Bertz CT molecular complexity index is 1110. The molecular formula is C20H22N4O7. The fourth-order valence-corrected chi connectivity index (χ4v) is 3.96. The number of amides is 4. The van der Waals surface area contributed by atoms with Crippen LogP contribution in [0.3, 0.4) is 0 Å². The second-order valence-electron chi connectivity index (χ2n) is 7.95. The number of hydrazine groups is 1. The zero-order chi connectivity index (χ0) is 22.2. The Labute approximate surface area is 176 Å². The van der Waals surface area contributed by atoms with Crippen molar-refractivity contribution in [1.29, 1.82) is 0 Å². The van der Waals surface area contributed by atoms with Gasteiger partial charge in [0.2, 0.25) is 0 Å². The summed E-state index contributed by atoms with van der Waals surface area (Å²) >= 11 is 0. The van der Waals surface area contributed by atoms with Crippen LogP contribution in [0, 0.1) is 5.92 Å². The van der Waals surface area contributed by atoms with Crippen molar-refractivity contribution in [2.24, 2.45) is 5.92 Å². The van der Waals surface area contributed by atoms with Gasteiger partial charge in [0.15, 0.2) is 12.2 Å². The first-order chi connectivity index (χ1) is 14.8. The molecule has 2 fully saturated rings. The lowest BCUT2D eigenvalue weighted by Gasteiger charge is -2.33. The van der Waals surface area contributed by atoms with Crippen molar-refractivity contribution >= 4 is 34.9 Å². The van der Waals surface area contributed by atoms with E-state index in [2.05, 4.69) is 17.7 Å². The number of nitrogens with one attached hydrogen (secondary N) is 2. The number of ether oxygens (including phenoxy) is 1. The van der Waals surface area contributed by atoms with Crippen LogP contribution in [-0.4, -0.2) is 45.5 Å². The number of carbonyl (C=O) groups is 4. The Morgan fingerprint density at radius 3 is 2.68 bits per heavy atom. The molecule has 2 aromatic rings. The van der Waals surface area contributed by atoms with E-state index in [1.165, 1.54) is 0 Å². The number of hydrogen-bond donors (Lipinski definition) is 2. The van der Waals surface area contributed by atoms with Crippen LogP contribution >= 0.6 is 0 Å². The number of urea groups is 1. The van der Waals surface area contributed by atoms with Gasteiger partial charge in [-0.25, -0.2) is 9.59 Å². The standard InChI is InChI=1S/C20H22N4O7/c1-12-6-8-20(9-7-12)17(27)24(18(28)21-20)22-15(25)11-30-16(26)10-23-13-4-2-3-5-14(13)31-19(23)29/h2-5,12H,6-11H2,1H3,(H,21,28)(H,22,25). The molecule has 1 aliphatic heterocycles. The Kier molecular flexibility index (Phi) is 5.25. The van der Waals surface area contributed by atoms with Gasteiger partial charge < -0.3 is 14.5 Å². The quantitative estimate of drug-likeness (QED) is 0.525. The van der Waals surface area contributed by atoms with Gasteiger partial charge in [0.25, 0.3) is 11.8 Å². The molecule has 1 saturated heterocycles. The zero-order valence-electron chi connectivity index (χ0n) is 16.9. The summed E-state index contributed by atoms with van der Waals surface area (Å²) in [5.74, 6) is -2.46. The van der Waals surface area contributed by atoms with Gasteiger partial charge in [0, 0.05) is 0 Å². The number of para-hydroxylation sites is 2. The van der Waals surface area contributed by atoms with Crippen LogP contribution in [0.5, 0.6) is 0 Å². The molecule has 1 aromatic heterocycles. The van der Waals surface area contributed by atoms with Crippen LogP contribution in [0.1, 0.15) is 32.6 Å². The molecule has 0 unspecified atom stereocenters. The summed E-state index contributed by atoms with van der Waals surface area (Å²) in [6.07, 6.45) is 2.61. The monoisotopic (exact) mass is 430 g/mol. The predicted molar refractivity (Wildman–Crippen MR) is 105 cm³/mol. The Morgan fingerprint density at radius 1 is 1.23 bits per heavy atom. The molecule has 2 N–H and O–H groups in total. The third-order valence-electron chi connectivity index (χ3n) is 5.75. The summed E-state index contributed by atoms with van der Waals surface area (Å²) in [6.45, 7) is 0.917. The molecule has 4 amide bonds.